The number of carbonyl (C=O) groups excluding carboxylic acids is 1. The van der Waals surface area contributed by atoms with E-state index in [1.165, 1.54) is 10.1 Å². The Kier molecular flexibility index (Phi) is 6.95. The molecule has 0 unspecified atom stereocenters. The number of fused-ring (bicyclic) bond motifs is 1. The topological polar surface area (TPSA) is 72.5 Å². The van der Waals surface area contributed by atoms with Crippen molar-refractivity contribution in [2.45, 2.75) is 38.5 Å². The molecule has 0 atom stereocenters. The highest BCUT2D eigenvalue weighted by Crippen LogP contribution is 2.22. The number of amides is 1. The van der Waals surface area contributed by atoms with Gasteiger partial charge >= 0.3 is 5.56 Å². The highest BCUT2D eigenvalue weighted by molar-refractivity contribution is 6.30. The quantitative estimate of drug-likeness (QED) is 0.387. The first-order valence-corrected chi connectivity index (χ1v) is 12.5. The molecule has 0 spiro atoms. The van der Waals surface area contributed by atoms with Crippen LogP contribution in [0.4, 0.5) is 0 Å². The molecule has 2 aromatic carbocycles. The highest BCUT2D eigenvalue weighted by Gasteiger charge is 2.23. The zero-order valence-corrected chi connectivity index (χ0v) is 20.3. The van der Waals surface area contributed by atoms with Crippen LogP contribution in [0.3, 0.4) is 0 Å². The Hall–Kier alpha value is -3.45. The van der Waals surface area contributed by atoms with Crippen LogP contribution in [0, 0.1) is 5.92 Å². The monoisotopic (exact) mass is 489 g/mol. The number of halogens is 1. The summed E-state index contributed by atoms with van der Waals surface area (Å²) in [5, 5.41) is 8.94. The van der Waals surface area contributed by atoms with Gasteiger partial charge in [0.05, 0.1) is 0 Å². The fourth-order valence-electron chi connectivity index (χ4n) is 4.80. The molecule has 7 nitrogen and oxygen atoms in total. The average molecular weight is 490 g/mol. The molecular formula is C27H28ClN5O2. The van der Waals surface area contributed by atoms with E-state index in [2.05, 4.69) is 34.5 Å². The van der Waals surface area contributed by atoms with Gasteiger partial charge in [-0.05, 0) is 61.4 Å². The lowest BCUT2D eigenvalue weighted by Crippen LogP contribution is -2.38. The number of benzene rings is 2. The van der Waals surface area contributed by atoms with Crippen LogP contribution in [-0.4, -0.2) is 43.1 Å². The zero-order valence-electron chi connectivity index (χ0n) is 19.5. The van der Waals surface area contributed by atoms with Crippen molar-refractivity contribution < 1.29 is 4.79 Å². The van der Waals surface area contributed by atoms with E-state index in [1.807, 2.05) is 11.0 Å². The lowest BCUT2D eigenvalue weighted by Gasteiger charge is -2.32. The zero-order chi connectivity index (χ0) is 24.2. The number of aromatic nitrogens is 4. The summed E-state index contributed by atoms with van der Waals surface area (Å²) in [4.78, 5) is 27.7. The van der Waals surface area contributed by atoms with Gasteiger partial charge in [-0.1, -0.05) is 41.9 Å². The third-order valence-corrected chi connectivity index (χ3v) is 7.02. The molecule has 1 saturated heterocycles. The number of likely N-dealkylation sites (tertiary alicyclic amines) is 1. The summed E-state index contributed by atoms with van der Waals surface area (Å²) in [5.41, 5.74) is 2.11. The van der Waals surface area contributed by atoms with E-state index in [-0.39, 0.29) is 17.1 Å². The molecule has 4 aromatic rings. The van der Waals surface area contributed by atoms with Crippen molar-refractivity contribution in [2.24, 2.45) is 5.92 Å². The van der Waals surface area contributed by atoms with E-state index in [0.29, 0.717) is 41.7 Å². The van der Waals surface area contributed by atoms with Crippen LogP contribution in [0.5, 0.6) is 0 Å². The lowest BCUT2D eigenvalue weighted by atomic mass is 9.90. The molecule has 1 aliphatic rings. The summed E-state index contributed by atoms with van der Waals surface area (Å²) in [7, 11) is 0. The molecule has 0 bridgehead atoms. The number of aryl methyl sites for hydroxylation is 1. The number of hydrogen-bond donors (Lipinski definition) is 0. The molecule has 1 fully saturated rings. The fraction of sp³-hybridized carbons (Fsp3) is 0.333. The van der Waals surface area contributed by atoms with Gasteiger partial charge in [0, 0.05) is 49.0 Å². The average Bonchev–Trinajstić information content (AvgIpc) is 3.30. The Morgan fingerprint density at radius 1 is 0.971 bits per heavy atom. The maximum Gasteiger partial charge on any atom is 0.300 e. The van der Waals surface area contributed by atoms with Crippen LogP contribution in [0.15, 0.2) is 71.8 Å². The number of rotatable bonds is 7. The molecule has 35 heavy (non-hydrogen) atoms. The van der Waals surface area contributed by atoms with Crippen molar-refractivity contribution in [3.63, 3.8) is 0 Å². The Morgan fingerprint density at radius 2 is 1.71 bits per heavy atom. The van der Waals surface area contributed by atoms with E-state index in [9.17, 15) is 9.59 Å². The largest absolute Gasteiger partial charge is 0.343 e. The Bertz CT molecular complexity index is 1360. The van der Waals surface area contributed by atoms with Crippen molar-refractivity contribution in [2.75, 3.05) is 13.1 Å². The van der Waals surface area contributed by atoms with E-state index in [1.54, 1.807) is 41.1 Å². The van der Waals surface area contributed by atoms with Gasteiger partial charge in [0.25, 0.3) is 0 Å². The van der Waals surface area contributed by atoms with Crippen LogP contribution in [0.2, 0.25) is 5.02 Å². The number of hydrogen-bond acceptors (Lipinski definition) is 4. The van der Waals surface area contributed by atoms with E-state index < -0.39 is 0 Å². The first-order valence-electron chi connectivity index (χ1n) is 12.1. The van der Waals surface area contributed by atoms with Gasteiger partial charge in [-0.3, -0.25) is 18.6 Å². The Labute approximate surface area is 209 Å². The van der Waals surface area contributed by atoms with Gasteiger partial charge in [0.15, 0.2) is 0 Å². The van der Waals surface area contributed by atoms with Gasteiger partial charge in [-0.2, -0.15) is 0 Å². The van der Waals surface area contributed by atoms with Crippen molar-refractivity contribution >= 4 is 23.2 Å². The molecule has 180 valence electrons. The Balaban J connectivity index is 1.14. The van der Waals surface area contributed by atoms with Crippen LogP contribution in [-0.2, 0) is 17.6 Å². The summed E-state index contributed by atoms with van der Waals surface area (Å²) >= 11 is 5.95. The van der Waals surface area contributed by atoms with Crippen molar-refractivity contribution in [1.82, 2.24) is 24.1 Å². The first kappa shape index (κ1) is 23.3. The summed E-state index contributed by atoms with van der Waals surface area (Å²) in [6, 6.07) is 17.6. The molecule has 0 aliphatic carbocycles. The molecule has 2 aromatic heterocycles. The molecule has 1 amide bonds. The lowest BCUT2D eigenvalue weighted by molar-refractivity contribution is -0.132. The van der Waals surface area contributed by atoms with Gasteiger partial charge < -0.3 is 4.90 Å². The summed E-state index contributed by atoms with van der Waals surface area (Å²) in [5.74, 6) is 1.53. The molecule has 3 heterocycles. The van der Waals surface area contributed by atoms with Crippen LogP contribution in [0.1, 0.15) is 37.1 Å². The molecular weight excluding hydrogens is 462 g/mol. The normalized spacial score (nSPS) is 14.5. The van der Waals surface area contributed by atoms with Gasteiger partial charge in [0.2, 0.25) is 11.6 Å². The number of piperidine rings is 1. The van der Waals surface area contributed by atoms with Crippen LogP contribution in [0.25, 0.3) is 11.3 Å². The van der Waals surface area contributed by atoms with Gasteiger partial charge in [-0.25, -0.2) is 0 Å². The van der Waals surface area contributed by atoms with E-state index in [0.717, 1.165) is 32.4 Å². The van der Waals surface area contributed by atoms with E-state index in [4.69, 9.17) is 11.6 Å². The minimum Gasteiger partial charge on any atom is -0.343 e. The number of nitrogens with zero attached hydrogens (tertiary/aromatic N) is 5. The molecule has 1 aliphatic heterocycles. The van der Waals surface area contributed by atoms with Gasteiger partial charge in [0.1, 0.15) is 5.82 Å². The maximum atomic E-state index is 12.9. The minimum absolute atomic E-state index is 0.196. The predicted octanol–water partition coefficient (Wildman–Crippen LogP) is 4.34. The summed E-state index contributed by atoms with van der Waals surface area (Å²) in [6.07, 6.45) is 8.41. The summed E-state index contributed by atoms with van der Waals surface area (Å²) in [6.45, 7) is 1.66. The Morgan fingerprint density at radius 3 is 2.46 bits per heavy atom. The van der Waals surface area contributed by atoms with E-state index >= 15 is 0 Å². The second-order valence-corrected chi connectivity index (χ2v) is 9.56. The van der Waals surface area contributed by atoms with Crippen molar-refractivity contribution in [1.29, 1.82) is 0 Å². The standard InChI is InChI=1S/C27H28ClN5O2/c28-22-9-11-23(12-10-22)32-17-18-33-24(29-30-26(33)27(32)35)7-4-8-25(34)31-15-13-21(14-16-31)19-20-5-2-1-3-6-20/h1-3,5-6,9-12,17-18,21H,4,7-8,13-16,19H2. The third-order valence-electron chi connectivity index (χ3n) is 6.77. The smallest absolute Gasteiger partial charge is 0.300 e. The SMILES string of the molecule is O=C(CCCc1nnc2c(=O)n(-c3ccc(Cl)cc3)ccn12)N1CCC(Cc2ccccc2)CC1. The fourth-order valence-corrected chi connectivity index (χ4v) is 4.93. The summed E-state index contributed by atoms with van der Waals surface area (Å²) < 4.78 is 3.24. The molecule has 5 rings (SSSR count). The highest BCUT2D eigenvalue weighted by atomic mass is 35.5. The predicted molar refractivity (Wildman–Crippen MR) is 136 cm³/mol. The second kappa shape index (κ2) is 10.4. The molecule has 0 N–H and O–H groups in total. The molecule has 0 saturated carbocycles. The first-order chi connectivity index (χ1) is 17.1. The van der Waals surface area contributed by atoms with Crippen molar-refractivity contribution in [3.05, 3.63) is 93.8 Å². The number of carbonyl (C=O) groups is 1. The van der Waals surface area contributed by atoms with Crippen molar-refractivity contribution in [3.8, 4) is 5.69 Å². The second-order valence-electron chi connectivity index (χ2n) is 9.13. The van der Waals surface area contributed by atoms with Gasteiger partial charge in [-0.15, -0.1) is 10.2 Å². The molecule has 0 radical (unpaired) electrons. The third kappa shape index (κ3) is 5.30. The van der Waals surface area contributed by atoms with Crippen LogP contribution < -0.4 is 5.56 Å². The van der Waals surface area contributed by atoms with Crippen LogP contribution >= 0.6 is 11.6 Å². The minimum atomic E-state index is -0.247. The molecule has 8 heteroatoms. The maximum absolute atomic E-state index is 12.9.